The first-order chi connectivity index (χ1) is 12.5. The molecule has 0 spiro atoms. The number of hydrogen-bond acceptors (Lipinski definition) is 4. The number of ether oxygens (including phenoxy) is 1. The van der Waals surface area contributed by atoms with Crippen LogP contribution in [0.2, 0.25) is 0 Å². The Labute approximate surface area is 161 Å². The summed E-state index contributed by atoms with van der Waals surface area (Å²) in [6, 6.07) is 0. The second kappa shape index (κ2) is 8.46. The van der Waals surface area contributed by atoms with E-state index in [-0.39, 0.29) is 24.7 Å². The van der Waals surface area contributed by atoms with Gasteiger partial charge in [0.2, 0.25) is 5.82 Å². The average Bonchev–Trinajstić information content (AvgIpc) is 2.85. The molecule has 1 saturated heterocycles. The smallest absolute Gasteiger partial charge is 0.254 e. The Morgan fingerprint density at radius 1 is 0.750 bits per heavy atom. The first-order valence-corrected chi connectivity index (χ1v) is 8.61. The van der Waals surface area contributed by atoms with E-state index in [1.165, 1.54) is 0 Å². The van der Waals surface area contributed by atoms with Crippen LogP contribution >= 0.6 is 0 Å². The highest BCUT2D eigenvalue weighted by atomic mass is 19.2. The van der Waals surface area contributed by atoms with Crippen molar-refractivity contribution >= 4 is 11.8 Å². The Hall–Kier alpha value is -2.16. The summed E-state index contributed by atoms with van der Waals surface area (Å²) in [7, 11) is 0. The van der Waals surface area contributed by atoms with Crippen molar-refractivity contribution in [3.8, 4) is 5.75 Å². The molecule has 1 heterocycles. The molecule has 28 heavy (non-hydrogen) atoms. The molecule has 1 aromatic carbocycles. The minimum Gasteiger partial charge on any atom is -0.482 e. The number of amides is 2. The number of carbonyl (C=O) groups excluding carboxylic acids is 2. The second-order valence-electron chi connectivity index (χ2n) is 8.21. The fraction of sp³-hybridized carbons (Fsp3) is 0.579. The first-order valence-electron chi connectivity index (χ1n) is 8.61. The van der Waals surface area contributed by atoms with Crippen LogP contribution in [-0.2, 0) is 14.4 Å². The molecule has 0 bridgehead atoms. The summed E-state index contributed by atoms with van der Waals surface area (Å²) in [6.45, 7) is 11.0. The van der Waals surface area contributed by atoms with E-state index in [0.717, 1.165) is 12.0 Å². The number of imide groups is 1. The Balaban J connectivity index is 0.000000292. The monoisotopic (exact) mass is 407 g/mol. The molecule has 0 N–H and O–H groups in total. The van der Waals surface area contributed by atoms with Gasteiger partial charge >= 0.3 is 0 Å². The Morgan fingerprint density at radius 2 is 1.21 bits per heavy atom. The van der Waals surface area contributed by atoms with Gasteiger partial charge in [-0.25, -0.2) is 13.2 Å². The maximum Gasteiger partial charge on any atom is 0.254 e. The van der Waals surface area contributed by atoms with Gasteiger partial charge in [0, 0.05) is 18.4 Å². The minimum absolute atomic E-state index is 0.241. The second-order valence-corrected chi connectivity index (χ2v) is 8.21. The predicted molar refractivity (Wildman–Crippen MR) is 93.3 cm³/mol. The van der Waals surface area contributed by atoms with Gasteiger partial charge in [-0.05, 0) is 48.5 Å². The minimum atomic E-state index is -1.72. The summed E-state index contributed by atoms with van der Waals surface area (Å²) in [5.41, 5.74) is -1.99. The van der Waals surface area contributed by atoms with E-state index in [9.17, 15) is 27.2 Å². The third-order valence-electron chi connectivity index (χ3n) is 3.22. The van der Waals surface area contributed by atoms with Crippen LogP contribution in [-0.4, -0.2) is 28.1 Å². The van der Waals surface area contributed by atoms with Gasteiger partial charge in [-0.1, -0.05) is 0 Å². The zero-order valence-electron chi connectivity index (χ0n) is 17.0. The highest BCUT2D eigenvalue weighted by molar-refractivity contribution is 6.00. The topological polar surface area (TPSA) is 55.8 Å². The maximum atomic E-state index is 13.5. The van der Waals surface area contributed by atoms with Crippen molar-refractivity contribution in [2.75, 3.05) is 0 Å². The van der Waals surface area contributed by atoms with Gasteiger partial charge in [-0.15, -0.1) is 0 Å². The lowest BCUT2D eigenvalue weighted by molar-refractivity contribution is -0.218. The molecule has 1 aromatic rings. The standard InChI is InChI=1S/C11H12F4O.C8H13NO3/c1-5-6(12)8(14)9(15)10(7(5)13)16-11(2,3)4;1-8(2,3)12-9-6(10)4-5-7(9)11/h1-4H3;4-5H2,1-3H3. The SMILES string of the molecule is CC(C)(C)ON1C(=O)CCC1=O.Cc1c(F)c(F)c(F)c(OC(C)(C)C)c1F. The summed E-state index contributed by atoms with van der Waals surface area (Å²) in [5, 5.41) is 0.875. The normalized spacial score (nSPS) is 14.9. The number of rotatable bonds is 2. The van der Waals surface area contributed by atoms with Crippen molar-refractivity contribution < 1.29 is 36.7 Å². The van der Waals surface area contributed by atoms with Gasteiger partial charge in [0.15, 0.2) is 23.2 Å². The molecule has 2 amide bonds. The molecule has 0 saturated carbocycles. The number of carbonyl (C=O) groups is 2. The van der Waals surface area contributed by atoms with Gasteiger partial charge in [0.1, 0.15) is 5.60 Å². The van der Waals surface area contributed by atoms with Crippen molar-refractivity contribution in [1.82, 2.24) is 5.06 Å². The van der Waals surface area contributed by atoms with Gasteiger partial charge < -0.3 is 4.74 Å². The molecular weight excluding hydrogens is 382 g/mol. The van der Waals surface area contributed by atoms with Gasteiger partial charge in [-0.3, -0.25) is 14.4 Å². The van der Waals surface area contributed by atoms with Gasteiger partial charge in [0.05, 0.1) is 5.60 Å². The van der Waals surface area contributed by atoms with E-state index in [2.05, 4.69) is 0 Å². The molecular formula is C19H25F4NO4. The maximum absolute atomic E-state index is 13.5. The number of halogens is 4. The first kappa shape index (κ1) is 23.9. The van der Waals surface area contributed by atoms with Crippen molar-refractivity contribution in [3.63, 3.8) is 0 Å². The van der Waals surface area contributed by atoms with Gasteiger partial charge in [-0.2, -0.15) is 9.45 Å². The molecule has 158 valence electrons. The number of nitrogens with zero attached hydrogens (tertiary/aromatic N) is 1. The molecule has 0 radical (unpaired) electrons. The van der Waals surface area contributed by atoms with Crippen LogP contribution in [0.3, 0.4) is 0 Å². The lowest BCUT2D eigenvalue weighted by Gasteiger charge is -2.24. The third kappa shape index (κ3) is 6.19. The molecule has 0 aromatic heterocycles. The van der Waals surface area contributed by atoms with E-state index in [0.29, 0.717) is 0 Å². The Bertz CT molecular complexity index is 722. The van der Waals surface area contributed by atoms with Crippen LogP contribution < -0.4 is 4.74 Å². The van der Waals surface area contributed by atoms with E-state index >= 15 is 0 Å². The molecule has 1 aliphatic heterocycles. The van der Waals surface area contributed by atoms with Crippen molar-refractivity contribution in [2.24, 2.45) is 0 Å². The number of benzene rings is 1. The number of hydrogen-bond donors (Lipinski definition) is 0. The van der Waals surface area contributed by atoms with Crippen LogP contribution in [0, 0.1) is 30.2 Å². The van der Waals surface area contributed by atoms with E-state index < -0.39 is 45.8 Å². The molecule has 2 rings (SSSR count). The fourth-order valence-electron chi connectivity index (χ4n) is 2.05. The fourth-order valence-corrected chi connectivity index (χ4v) is 2.05. The van der Waals surface area contributed by atoms with Crippen LogP contribution in [0.4, 0.5) is 17.6 Å². The van der Waals surface area contributed by atoms with Crippen LogP contribution in [0.5, 0.6) is 5.75 Å². The summed E-state index contributed by atoms with van der Waals surface area (Å²) in [4.78, 5) is 27.2. The molecule has 0 aliphatic carbocycles. The highest BCUT2D eigenvalue weighted by Crippen LogP contribution is 2.31. The summed E-state index contributed by atoms with van der Waals surface area (Å²) in [5.74, 6) is -7.48. The van der Waals surface area contributed by atoms with Crippen LogP contribution in [0.1, 0.15) is 59.9 Å². The van der Waals surface area contributed by atoms with Crippen molar-refractivity contribution in [1.29, 1.82) is 0 Å². The molecule has 5 nitrogen and oxygen atoms in total. The summed E-state index contributed by atoms with van der Waals surface area (Å²) < 4.78 is 57.6. The lowest BCUT2D eigenvalue weighted by atomic mass is 10.1. The van der Waals surface area contributed by atoms with Crippen molar-refractivity contribution in [3.05, 3.63) is 28.8 Å². The van der Waals surface area contributed by atoms with E-state index in [4.69, 9.17) is 9.57 Å². The summed E-state index contributed by atoms with van der Waals surface area (Å²) in [6.07, 6.45) is 0.545. The number of hydroxylamine groups is 2. The third-order valence-corrected chi connectivity index (χ3v) is 3.22. The predicted octanol–water partition coefficient (Wildman–Crippen LogP) is 4.59. The van der Waals surface area contributed by atoms with E-state index in [1.54, 1.807) is 41.5 Å². The average molecular weight is 407 g/mol. The van der Waals surface area contributed by atoms with Crippen LogP contribution in [0.25, 0.3) is 0 Å². The molecule has 1 fully saturated rings. The zero-order valence-corrected chi connectivity index (χ0v) is 17.0. The van der Waals surface area contributed by atoms with Gasteiger partial charge in [0.25, 0.3) is 11.8 Å². The highest BCUT2D eigenvalue weighted by Gasteiger charge is 2.33. The molecule has 9 heteroatoms. The molecule has 0 unspecified atom stereocenters. The summed E-state index contributed by atoms with van der Waals surface area (Å²) >= 11 is 0. The van der Waals surface area contributed by atoms with E-state index in [1.807, 2.05) is 0 Å². The zero-order chi connectivity index (χ0) is 22.0. The quantitative estimate of drug-likeness (QED) is 0.311. The molecule has 1 aliphatic rings. The Morgan fingerprint density at radius 3 is 1.61 bits per heavy atom. The largest absolute Gasteiger partial charge is 0.482 e. The molecule has 0 atom stereocenters. The lowest BCUT2D eigenvalue weighted by Crippen LogP contribution is -2.37. The van der Waals surface area contributed by atoms with Crippen molar-refractivity contribution in [2.45, 2.75) is 72.5 Å². The van der Waals surface area contributed by atoms with Crippen LogP contribution in [0.15, 0.2) is 0 Å². The Kier molecular flexibility index (Phi) is 7.22.